The first-order valence-corrected chi connectivity index (χ1v) is 10.2. The van der Waals surface area contributed by atoms with Gasteiger partial charge in [-0.05, 0) is 51.0 Å². The lowest BCUT2D eigenvalue weighted by Gasteiger charge is -2.29. The number of carbonyl (C=O) groups is 2. The molecule has 0 unspecified atom stereocenters. The Morgan fingerprint density at radius 2 is 1.63 bits per heavy atom. The van der Waals surface area contributed by atoms with Gasteiger partial charge in [0.15, 0.2) is 0 Å². The van der Waals surface area contributed by atoms with Gasteiger partial charge in [-0.1, -0.05) is 42.5 Å². The van der Waals surface area contributed by atoms with Gasteiger partial charge < -0.3 is 10.2 Å². The van der Waals surface area contributed by atoms with E-state index in [-0.39, 0.29) is 17.9 Å². The molecule has 2 aromatic rings. The van der Waals surface area contributed by atoms with Gasteiger partial charge in [0.1, 0.15) is 6.04 Å². The molecule has 0 heterocycles. The minimum Gasteiger partial charge on any atom is -0.352 e. The molecule has 2 aromatic carbocycles. The molecule has 5 heteroatoms. The second kappa shape index (κ2) is 10.2. The smallest absolute Gasteiger partial charge is 0.242 e. The standard InChI is InChI=1S/C22H28N2O2S/c1-16(2)23-22(26)18(4)24(14-19-11-9-8-10-17(19)3)21(25)15-27-20-12-6-5-7-13-20/h5-13,16,18H,14-15H2,1-4H3,(H,23,26)/t18-/m1/s1. The number of thioether (sulfide) groups is 1. The van der Waals surface area contributed by atoms with Gasteiger partial charge in [-0.25, -0.2) is 0 Å². The first-order valence-electron chi connectivity index (χ1n) is 9.20. The monoisotopic (exact) mass is 384 g/mol. The Morgan fingerprint density at radius 3 is 2.26 bits per heavy atom. The molecule has 144 valence electrons. The van der Waals surface area contributed by atoms with Crippen molar-refractivity contribution < 1.29 is 9.59 Å². The molecule has 0 radical (unpaired) electrons. The van der Waals surface area contributed by atoms with Crippen molar-refractivity contribution in [1.29, 1.82) is 0 Å². The zero-order chi connectivity index (χ0) is 19.8. The minimum atomic E-state index is -0.532. The van der Waals surface area contributed by atoms with E-state index in [9.17, 15) is 9.59 Å². The first kappa shape index (κ1) is 21.0. The molecule has 0 bridgehead atoms. The number of nitrogens with zero attached hydrogens (tertiary/aromatic N) is 1. The first-order chi connectivity index (χ1) is 12.9. The fourth-order valence-corrected chi connectivity index (χ4v) is 3.51. The van der Waals surface area contributed by atoms with Crippen molar-refractivity contribution in [1.82, 2.24) is 10.2 Å². The molecule has 4 nitrogen and oxygen atoms in total. The maximum atomic E-state index is 13.0. The van der Waals surface area contributed by atoms with Crippen LogP contribution in [0.5, 0.6) is 0 Å². The highest BCUT2D eigenvalue weighted by molar-refractivity contribution is 8.00. The van der Waals surface area contributed by atoms with E-state index >= 15 is 0 Å². The Kier molecular flexibility index (Phi) is 7.92. The highest BCUT2D eigenvalue weighted by Crippen LogP contribution is 2.20. The lowest BCUT2D eigenvalue weighted by molar-refractivity contribution is -0.138. The summed E-state index contributed by atoms with van der Waals surface area (Å²) < 4.78 is 0. The SMILES string of the molecule is Cc1ccccc1CN(C(=O)CSc1ccccc1)[C@H](C)C(=O)NC(C)C. The Balaban J connectivity index is 2.15. The molecule has 0 saturated carbocycles. The molecule has 0 aliphatic heterocycles. The third-order valence-corrected chi connectivity index (χ3v) is 5.30. The molecule has 0 aromatic heterocycles. The predicted octanol–water partition coefficient (Wildman–Crippen LogP) is 4.03. The maximum Gasteiger partial charge on any atom is 0.242 e. The van der Waals surface area contributed by atoms with Crippen LogP contribution in [-0.4, -0.2) is 34.6 Å². The minimum absolute atomic E-state index is 0.0362. The van der Waals surface area contributed by atoms with Gasteiger partial charge in [-0.2, -0.15) is 0 Å². The summed E-state index contributed by atoms with van der Waals surface area (Å²) in [5.74, 6) is 0.130. The molecule has 2 rings (SSSR count). The summed E-state index contributed by atoms with van der Waals surface area (Å²) >= 11 is 1.49. The van der Waals surface area contributed by atoms with Gasteiger partial charge >= 0.3 is 0 Å². The van der Waals surface area contributed by atoms with Gasteiger partial charge in [0.05, 0.1) is 5.75 Å². The molecule has 0 saturated heterocycles. The van der Waals surface area contributed by atoms with E-state index in [0.717, 1.165) is 16.0 Å². The van der Waals surface area contributed by atoms with Gasteiger partial charge in [0.25, 0.3) is 0 Å². The van der Waals surface area contributed by atoms with Crippen molar-refractivity contribution >= 4 is 23.6 Å². The van der Waals surface area contributed by atoms with Gasteiger partial charge in [0, 0.05) is 17.5 Å². The molecular weight excluding hydrogens is 356 g/mol. The van der Waals surface area contributed by atoms with Crippen molar-refractivity contribution in [2.45, 2.75) is 51.2 Å². The average molecular weight is 385 g/mol. The third-order valence-electron chi connectivity index (χ3n) is 4.31. The molecular formula is C22H28N2O2S. The molecule has 0 aliphatic carbocycles. The van der Waals surface area contributed by atoms with Crippen molar-refractivity contribution in [3.05, 3.63) is 65.7 Å². The Labute approximate surface area is 166 Å². The number of rotatable bonds is 8. The number of hydrogen-bond acceptors (Lipinski definition) is 3. The number of nitrogens with one attached hydrogen (secondary N) is 1. The number of amides is 2. The summed E-state index contributed by atoms with van der Waals surface area (Å²) in [5.41, 5.74) is 2.17. The summed E-state index contributed by atoms with van der Waals surface area (Å²) in [4.78, 5) is 28.2. The number of benzene rings is 2. The van der Waals surface area contributed by atoms with Crippen LogP contribution in [0, 0.1) is 6.92 Å². The van der Waals surface area contributed by atoms with Gasteiger partial charge in [0.2, 0.25) is 11.8 Å². The average Bonchev–Trinajstić information content (AvgIpc) is 2.65. The van der Waals surface area contributed by atoms with Crippen LogP contribution in [0.4, 0.5) is 0 Å². The second-order valence-electron chi connectivity index (χ2n) is 6.89. The number of hydrogen-bond donors (Lipinski definition) is 1. The molecule has 1 N–H and O–H groups in total. The zero-order valence-corrected chi connectivity index (χ0v) is 17.3. The third kappa shape index (κ3) is 6.43. The lowest BCUT2D eigenvalue weighted by atomic mass is 10.1. The second-order valence-corrected chi connectivity index (χ2v) is 7.94. The number of aryl methyl sites for hydroxylation is 1. The fraction of sp³-hybridized carbons (Fsp3) is 0.364. The predicted molar refractivity (Wildman–Crippen MR) is 112 cm³/mol. The topological polar surface area (TPSA) is 49.4 Å². The summed E-state index contributed by atoms with van der Waals surface area (Å²) in [6.45, 7) is 8.08. The van der Waals surface area contributed by atoms with E-state index in [1.165, 1.54) is 11.8 Å². The molecule has 1 atom stereocenters. The van der Waals surface area contributed by atoms with Crippen LogP contribution < -0.4 is 5.32 Å². The van der Waals surface area contributed by atoms with Crippen LogP contribution in [0.1, 0.15) is 31.9 Å². The summed E-state index contributed by atoms with van der Waals surface area (Å²) in [5, 5.41) is 2.91. The summed E-state index contributed by atoms with van der Waals surface area (Å²) in [7, 11) is 0. The Hall–Kier alpha value is -2.27. The largest absolute Gasteiger partial charge is 0.352 e. The van der Waals surface area contributed by atoms with E-state index in [0.29, 0.717) is 12.3 Å². The number of carbonyl (C=O) groups excluding carboxylic acids is 2. The van der Waals surface area contributed by atoms with E-state index in [4.69, 9.17) is 0 Å². The van der Waals surface area contributed by atoms with Gasteiger partial charge in [-0.15, -0.1) is 11.8 Å². The van der Waals surface area contributed by atoms with Crippen LogP contribution in [0.3, 0.4) is 0 Å². The van der Waals surface area contributed by atoms with Crippen LogP contribution in [0.25, 0.3) is 0 Å². The Morgan fingerprint density at radius 1 is 1.00 bits per heavy atom. The van der Waals surface area contributed by atoms with E-state index in [1.54, 1.807) is 11.8 Å². The van der Waals surface area contributed by atoms with Crippen molar-refractivity contribution in [2.75, 3.05) is 5.75 Å². The summed E-state index contributed by atoms with van der Waals surface area (Å²) in [6, 6.07) is 17.3. The van der Waals surface area contributed by atoms with Crippen LogP contribution in [0.2, 0.25) is 0 Å². The van der Waals surface area contributed by atoms with Gasteiger partial charge in [-0.3, -0.25) is 9.59 Å². The van der Waals surface area contributed by atoms with Crippen LogP contribution >= 0.6 is 11.8 Å². The molecule has 0 aliphatic rings. The van der Waals surface area contributed by atoms with Crippen LogP contribution in [-0.2, 0) is 16.1 Å². The molecule has 0 spiro atoms. The van der Waals surface area contributed by atoms with Crippen molar-refractivity contribution in [3.8, 4) is 0 Å². The van der Waals surface area contributed by atoms with E-state index in [2.05, 4.69) is 5.32 Å². The maximum absolute atomic E-state index is 13.0. The van der Waals surface area contributed by atoms with E-state index < -0.39 is 6.04 Å². The molecule has 0 fully saturated rings. The van der Waals surface area contributed by atoms with Crippen LogP contribution in [0.15, 0.2) is 59.5 Å². The fourth-order valence-electron chi connectivity index (χ4n) is 2.70. The highest BCUT2D eigenvalue weighted by atomic mass is 32.2. The highest BCUT2D eigenvalue weighted by Gasteiger charge is 2.26. The zero-order valence-electron chi connectivity index (χ0n) is 16.4. The van der Waals surface area contributed by atoms with E-state index in [1.807, 2.05) is 75.4 Å². The summed E-state index contributed by atoms with van der Waals surface area (Å²) in [6.07, 6.45) is 0. The van der Waals surface area contributed by atoms with Crippen molar-refractivity contribution in [3.63, 3.8) is 0 Å². The molecule has 2 amide bonds. The molecule has 27 heavy (non-hydrogen) atoms. The quantitative estimate of drug-likeness (QED) is 0.699. The van der Waals surface area contributed by atoms with Crippen molar-refractivity contribution in [2.24, 2.45) is 0 Å². The lowest BCUT2D eigenvalue weighted by Crippen LogP contribution is -2.49. The Bertz CT molecular complexity index is 762. The normalized spacial score (nSPS) is 11.9.